The molecule has 3 aromatic rings. The Kier molecular flexibility index (Phi) is 6.11. The van der Waals surface area contributed by atoms with Crippen LogP contribution in [0.2, 0.25) is 0 Å². The summed E-state index contributed by atoms with van der Waals surface area (Å²) in [4.78, 5) is 28.0. The molecule has 7 heteroatoms. The van der Waals surface area contributed by atoms with Gasteiger partial charge in [-0.05, 0) is 61.4 Å². The molecule has 0 aromatic heterocycles. The molecule has 0 radical (unpaired) electrons. The summed E-state index contributed by atoms with van der Waals surface area (Å²) in [6.45, 7) is 3.78. The highest BCUT2D eigenvalue weighted by Crippen LogP contribution is 2.44. The fourth-order valence-electron chi connectivity index (χ4n) is 4.29. The number of halogens is 1. The van der Waals surface area contributed by atoms with Crippen LogP contribution in [0.4, 0.5) is 10.1 Å². The first-order chi connectivity index (χ1) is 16.3. The van der Waals surface area contributed by atoms with E-state index in [1.54, 1.807) is 30.3 Å². The number of amides is 1. The van der Waals surface area contributed by atoms with Crippen LogP contribution < -0.4 is 14.4 Å². The van der Waals surface area contributed by atoms with Crippen molar-refractivity contribution >= 4 is 23.1 Å². The molecule has 1 atom stereocenters. The summed E-state index contributed by atoms with van der Waals surface area (Å²) in [6, 6.07) is 15.1. The van der Waals surface area contributed by atoms with Gasteiger partial charge in [-0.1, -0.05) is 29.8 Å². The molecule has 34 heavy (non-hydrogen) atoms. The lowest BCUT2D eigenvalue weighted by atomic mass is 9.94. The molecular formula is C27H24FNO5. The molecule has 0 bridgehead atoms. The molecule has 1 aliphatic heterocycles. The zero-order chi connectivity index (χ0) is 24.6. The topological polar surface area (TPSA) is 76.1 Å². The molecule has 1 amide bonds. The number of hydrogen-bond acceptors (Lipinski definition) is 5. The van der Waals surface area contributed by atoms with E-state index in [4.69, 9.17) is 9.47 Å². The van der Waals surface area contributed by atoms with Gasteiger partial charge in [0.15, 0.2) is 0 Å². The lowest BCUT2D eigenvalue weighted by molar-refractivity contribution is -0.132. The molecule has 3 aromatic carbocycles. The van der Waals surface area contributed by atoms with E-state index in [1.807, 2.05) is 26.0 Å². The molecule has 1 heterocycles. The van der Waals surface area contributed by atoms with E-state index in [0.29, 0.717) is 17.0 Å². The van der Waals surface area contributed by atoms with Crippen molar-refractivity contribution in [2.24, 2.45) is 0 Å². The summed E-state index contributed by atoms with van der Waals surface area (Å²) in [5, 5.41) is 11.3. The van der Waals surface area contributed by atoms with E-state index in [9.17, 15) is 19.1 Å². The maximum Gasteiger partial charge on any atom is 0.300 e. The van der Waals surface area contributed by atoms with Gasteiger partial charge in [0.25, 0.3) is 11.7 Å². The standard InChI is InChI=1S/C27H24FNO5/c1-15-8-10-21(16(2)12-15)29-24(17-6-5-7-19(13-17)33-3)23(26(31)27(29)32)25(30)20-14-18(28)9-11-22(20)34-4/h5-14,24,30H,1-4H3/b25-23+. The number of methoxy groups -OCH3 is 2. The summed E-state index contributed by atoms with van der Waals surface area (Å²) in [5.41, 5.74) is 2.69. The maximum absolute atomic E-state index is 14.1. The van der Waals surface area contributed by atoms with Gasteiger partial charge in [0.05, 0.1) is 31.4 Å². The van der Waals surface area contributed by atoms with Crippen molar-refractivity contribution in [2.45, 2.75) is 19.9 Å². The van der Waals surface area contributed by atoms with Crippen LogP contribution in [0.25, 0.3) is 5.76 Å². The number of aliphatic hydroxyl groups excluding tert-OH is 1. The third-order valence-electron chi connectivity index (χ3n) is 5.88. The average Bonchev–Trinajstić information content (AvgIpc) is 3.09. The monoisotopic (exact) mass is 461 g/mol. The number of aliphatic hydroxyl groups is 1. The molecule has 1 aliphatic rings. The third kappa shape index (κ3) is 3.90. The summed E-state index contributed by atoms with van der Waals surface area (Å²) in [7, 11) is 2.88. The Labute approximate surface area is 196 Å². The van der Waals surface area contributed by atoms with E-state index in [1.165, 1.54) is 31.3 Å². The van der Waals surface area contributed by atoms with Crippen LogP contribution >= 0.6 is 0 Å². The van der Waals surface area contributed by atoms with Gasteiger partial charge in [0, 0.05) is 5.69 Å². The number of carbonyl (C=O) groups is 2. The fraction of sp³-hybridized carbons (Fsp3) is 0.185. The Morgan fingerprint density at radius 2 is 1.74 bits per heavy atom. The van der Waals surface area contributed by atoms with Crippen LogP contribution in [-0.2, 0) is 9.59 Å². The average molecular weight is 461 g/mol. The number of rotatable bonds is 5. The fourth-order valence-corrected chi connectivity index (χ4v) is 4.29. The van der Waals surface area contributed by atoms with Crippen LogP contribution in [-0.4, -0.2) is 31.0 Å². The van der Waals surface area contributed by atoms with Gasteiger partial charge in [-0.2, -0.15) is 0 Å². The van der Waals surface area contributed by atoms with Gasteiger partial charge >= 0.3 is 0 Å². The Bertz CT molecular complexity index is 1330. The highest BCUT2D eigenvalue weighted by molar-refractivity contribution is 6.51. The minimum atomic E-state index is -0.968. The van der Waals surface area contributed by atoms with Crippen molar-refractivity contribution in [2.75, 3.05) is 19.1 Å². The molecule has 1 unspecified atom stereocenters. The van der Waals surface area contributed by atoms with Gasteiger partial charge in [-0.25, -0.2) is 4.39 Å². The lowest BCUT2D eigenvalue weighted by Gasteiger charge is -2.27. The van der Waals surface area contributed by atoms with Crippen molar-refractivity contribution < 1.29 is 28.6 Å². The van der Waals surface area contributed by atoms with E-state index in [-0.39, 0.29) is 16.9 Å². The number of ketones is 1. The Morgan fingerprint density at radius 1 is 0.971 bits per heavy atom. The first kappa shape index (κ1) is 23.0. The SMILES string of the molecule is COc1cccc(C2/C(=C(\O)c3cc(F)ccc3OC)C(=O)C(=O)N2c2ccc(C)cc2C)c1. The van der Waals surface area contributed by atoms with E-state index >= 15 is 0 Å². The van der Waals surface area contributed by atoms with Crippen molar-refractivity contribution in [1.82, 2.24) is 0 Å². The normalized spacial score (nSPS) is 17.2. The first-order valence-corrected chi connectivity index (χ1v) is 10.6. The Hall–Kier alpha value is -4.13. The van der Waals surface area contributed by atoms with Gasteiger partial charge in [0.1, 0.15) is 23.1 Å². The lowest BCUT2D eigenvalue weighted by Crippen LogP contribution is -2.30. The van der Waals surface area contributed by atoms with Crippen LogP contribution in [0.1, 0.15) is 28.3 Å². The van der Waals surface area contributed by atoms with Crippen LogP contribution in [0.3, 0.4) is 0 Å². The number of anilines is 1. The number of nitrogens with zero attached hydrogens (tertiary/aromatic N) is 1. The maximum atomic E-state index is 14.1. The number of Topliss-reactive ketones (excluding diaryl/α,β-unsaturated/α-hetero) is 1. The molecule has 1 N–H and O–H groups in total. The quantitative estimate of drug-likeness (QED) is 0.326. The second-order valence-corrected chi connectivity index (χ2v) is 8.08. The smallest absolute Gasteiger partial charge is 0.300 e. The number of ether oxygens (including phenoxy) is 2. The second kappa shape index (κ2) is 9.02. The number of hydrogen-bond donors (Lipinski definition) is 1. The van der Waals surface area contributed by atoms with Crippen molar-refractivity contribution in [3.8, 4) is 11.5 Å². The Balaban J connectivity index is 2.02. The number of benzene rings is 3. The molecule has 0 aliphatic carbocycles. The first-order valence-electron chi connectivity index (χ1n) is 10.6. The van der Waals surface area contributed by atoms with Crippen molar-refractivity contribution in [1.29, 1.82) is 0 Å². The largest absolute Gasteiger partial charge is 0.507 e. The van der Waals surface area contributed by atoms with Gasteiger partial charge in [-0.15, -0.1) is 0 Å². The van der Waals surface area contributed by atoms with Crippen molar-refractivity contribution in [3.05, 3.63) is 94.3 Å². The highest BCUT2D eigenvalue weighted by atomic mass is 19.1. The molecular weight excluding hydrogens is 437 g/mol. The molecule has 0 spiro atoms. The summed E-state index contributed by atoms with van der Waals surface area (Å²) in [6.07, 6.45) is 0. The van der Waals surface area contributed by atoms with E-state index < -0.39 is 29.3 Å². The van der Waals surface area contributed by atoms with Crippen molar-refractivity contribution in [3.63, 3.8) is 0 Å². The predicted octanol–water partition coefficient (Wildman–Crippen LogP) is 5.09. The zero-order valence-electron chi connectivity index (χ0n) is 19.3. The summed E-state index contributed by atoms with van der Waals surface area (Å²) < 4.78 is 24.7. The number of aryl methyl sites for hydroxylation is 2. The zero-order valence-corrected chi connectivity index (χ0v) is 19.3. The molecule has 1 saturated heterocycles. The molecule has 6 nitrogen and oxygen atoms in total. The van der Waals surface area contributed by atoms with Crippen LogP contribution in [0.5, 0.6) is 11.5 Å². The van der Waals surface area contributed by atoms with Crippen LogP contribution in [0.15, 0.2) is 66.2 Å². The summed E-state index contributed by atoms with van der Waals surface area (Å²) >= 11 is 0. The van der Waals surface area contributed by atoms with E-state index in [2.05, 4.69) is 0 Å². The minimum Gasteiger partial charge on any atom is -0.507 e. The number of carbonyl (C=O) groups excluding carboxylic acids is 2. The highest BCUT2D eigenvalue weighted by Gasteiger charge is 2.47. The minimum absolute atomic E-state index is 0.0194. The van der Waals surface area contributed by atoms with Gasteiger partial charge in [0.2, 0.25) is 0 Å². The predicted molar refractivity (Wildman–Crippen MR) is 127 cm³/mol. The van der Waals surface area contributed by atoms with Gasteiger partial charge in [-0.3, -0.25) is 14.5 Å². The second-order valence-electron chi connectivity index (χ2n) is 8.08. The molecule has 4 rings (SSSR count). The van der Waals surface area contributed by atoms with Crippen LogP contribution in [0, 0.1) is 19.7 Å². The Morgan fingerprint density at radius 3 is 2.41 bits per heavy atom. The molecule has 174 valence electrons. The summed E-state index contributed by atoms with van der Waals surface area (Å²) in [5.74, 6) is -2.12. The van der Waals surface area contributed by atoms with Gasteiger partial charge < -0.3 is 14.6 Å². The molecule has 0 saturated carbocycles. The molecule has 1 fully saturated rings. The van der Waals surface area contributed by atoms with E-state index in [0.717, 1.165) is 17.2 Å². The third-order valence-corrected chi connectivity index (χ3v) is 5.88.